The Hall–Kier alpha value is -1.87. The lowest BCUT2D eigenvalue weighted by molar-refractivity contribution is -0.655. The fourth-order valence-corrected chi connectivity index (χ4v) is 2.42. The summed E-state index contributed by atoms with van der Waals surface area (Å²) < 4.78 is 1.74. The number of aryl methyl sites for hydroxylation is 2. The van der Waals surface area contributed by atoms with Crippen LogP contribution in [0.15, 0.2) is 24.5 Å². The number of aromatic nitrogens is 2. The number of aromatic amines is 1. The van der Waals surface area contributed by atoms with Crippen molar-refractivity contribution in [2.75, 3.05) is 0 Å². The van der Waals surface area contributed by atoms with Crippen LogP contribution in [0, 0.1) is 13.8 Å². The molecule has 0 bridgehead atoms. The SMILES string of the molecule is Cc1cc(-[n+]2cc(Cl)c[nH]2)cc(C)c1C(=C=O)C(=O)Cl. The maximum atomic E-state index is 11.3. The zero-order chi connectivity index (χ0) is 14.9. The topological polar surface area (TPSA) is 53.8 Å². The number of halogens is 2. The molecule has 0 fully saturated rings. The number of rotatable bonds is 3. The molecule has 1 aromatic heterocycles. The second-order valence-electron chi connectivity index (χ2n) is 4.36. The van der Waals surface area contributed by atoms with Crippen molar-refractivity contribution in [3.05, 3.63) is 46.2 Å². The second-order valence-corrected chi connectivity index (χ2v) is 5.14. The molecular weight excluding hydrogens is 299 g/mol. The first-order valence-electron chi connectivity index (χ1n) is 5.76. The van der Waals surface area contributed by atoms with E-state index in [0.717, 1.165) is 16.8 Å². The monoisotopic (exact) mass is 309 g/mol. The maximum absolute atomic E-state index is 11.3. The van der Waals surface area contributed by atoms with Crippen molar-refractivity contribution >= 4 is 40.0 Å². The van der Waals surface area contributed by atoms with Crippen molar-refractivity contribution < 1.29 is 14.3 Å². The third-order valence-corrected chi connectivity index (χ3v) is 3.33. The predicted molar refractivity (Wildman–Crippen MR) is 76.8 cm³/mol. The number of nitrogens with zero attached hydrogens (tertiary/aromatic N) is 1. The summed E-state index contributed by atoms with van der Waals surface area (Å²) in [4.78, 5) is 22.2. The molecule has 20 heavy (non-hydrogen) atoms. The summed E-state index contributed by atoms with van der Waals surface area (Å²) in [6.45, 7) is 3.60. The first kappa shape index (κ1) is 14.5. The van der Waals surface area contributed by atoms with Gasteiger partial charge in [0.15, 0.2) is 0 Å². The van der Waals surface area contributed by atoms with Crippen molar-refractivity contribution in [1.82, 2.24) is 5.10 Å². The Morgan fingerprint density at radius 2 is 1.90 bits per heavy atom. The van der Waals surface area contributed by atoms with E-state index in [1.807, 2.05) is 12.1 Å². The van der Waals surface area contributed by atoms with Crippen molar-refractivity contribution in [3.63, 3.8) is 0 Å². The number of hydrogen-bond acceptors (Lipinski definition) is 2. The van der Waals surface area contributed by atoms with Crippen LogP contribution >= 0.6 is 23.2 Å². The van der Waals surface area contributed by atoms with Crippen LogP contribution in [0.2, 0.25) is 5.02 Å². The van der Waals surface area contributed by atoms with E-state index < -0.39 is 5.24 Å². The molecule has 1 heterocycles. The number of H-pyrrole nitrogens is 1. The molecule has 0 saturated heterocycles. The lowest BCUT2D eigenvalue weighted by atomic mass is 9.96. The summed E-state index contributed by atoms with van der Waals surface area (Å²) in [6.07, 6.45) is 3.37. The minimum atomic E-state index is -0.811. The molecule has 2 rings (SSSR count). The highest BCUT2D eigenvalue weighted by molar-refractivity contribution is 6.75. The zero-order valence-corrected chi connectivity index (χ0v) is 12.3. The molecule has 0 aliphatic heterocycles. The molecule has 0 aliphatic carbocycles. The number of nitrogens with one attached hydrogen (secondary N) is 1. The molecule has 0 amide bonds. The van der Waals surface area contributed by atoms with Gasteiger partial charge in [-0.1, -0.05) is 16.3 Å². The first-order chi connectivity index (χ1) is 9.43. The van der Waals surface area contributed by atoms with Crippen LogP contribution in [-0.4, -0.2) is 16.3 Å². The second kappa shape index (κ2) is 5.63. The van der Waals surface area contributed by atoms with Crippen molar-refractivity contribution in [1.29, 1.82) is 0 Å². The maximum Gasteiger partial charge on any atom is 0.264 e. The van der Waals surface area contributed by atoms with Gasteiger partial charge in [0.05, 0.1) is 6.20 Å². The molecule has 102 valence electrons. The van der Waals surface area contributed by atoms with Gasteiger partial charge in [-0.05, 0) is 36.6 Å². The average Bonchev–Trinajstić information content (AvgIpc) is 2.79. The smallest absolute Gasteiger partial charge is 0.264 e. The third-order valence-electron chi connectivity index (χ3n) is 2.94. The zero-order valence-electron chi connectivity index (χ0n) is 10.8. The fraction of sp³-hybridized carbons (Fsp3) is 0.143. The summed E-state index contributed by atoms with van der Waals surface area (Å²) in [5.74, 6) is 1.61. The van der Waals surface area contributed by atoms with E-state index in [1.165, 1.54) is 0 Å². The van der Waals surface area contributed by atoms with Crippen molar-refractivity contribution in [3.8, 4) is 5.69 Å². The average molecular weight is 310 g/mol. The number of carbonyl (C=O) groups is 1. The lowest BCUT2D eigenvalue weighted by Gasteiger charge is -2.08. The molecular formula is C14H11Cl2N2O2+. The highest BCUT2D eigenvalue weighted by atomic mass is 35.5. The van der Waals surface area contributed by atoms with Gasteiger partial charge >= 0.3 is 0 Å². The van der Waals surface area contributed by atoms with Crippen LogP contribution in [0.25, 0.3) is 11.3 Å². The van der Waals surface area contributed by atoms with E-state index in [2.05, 4.69) is 5.10 Å². The van der Waals surface area contributed by atoms with Crippen LogP contribution in [0.1, 0.15) is 16.7 Å². The molecule has 0 atom stereocenters. The minimum absolute atomic E-state index is 0.150. The highest BCUT2D eigenvalue weighted by Gasteiger charge is 2.19. The number of allylic oxidation sites excluding steroid dienone is 1. The summed E-state index contributed by atoms with van der Waals surface area (Å²) in [6, 6.07) is 3.65. The molecule has 0 saturated carbocycles. The standard InChI is InChI=1S/C14H10Cl2N2O2/c1-8-3-11(18-6-10(15)5-17-18)4-9(2)13(8)12(7-19)14(16)20/h3-6H,1-2H3/p+1. The molecule has 0 radical (unpaired) electrons. The normalized spacial score (nSPS) is 10.2. The Morgan fingerprint density at radius 1 is 1.30 bits per heavy atom. The summed E-state index contributed by atoms with van der Waals surface area (Å²) >= 11 is 11.3. The summed E-state index contributed by atoms with van der Waals surface area (Å²) in [5.41, 5.74) is 2.71. The van der Waals surface area contributed by atoms with Crippen LogP contribution < -0.4 is 4.68 Å². The lowest BCUT2D eigenvalue weighted by Crippen LogP contribution is -2.31. The van der Waals surface area contributed by atoms with Crippen LogP contribution in [-0.2, 0) is 9.59 Å². The van der Waals surface area contributed by atoms with Gasteiger partial charge in [-0.2, -0.15) is 5.10 Å². The van der Waals surface area contributed by atoms with Gasteiger partial charge in [-0.25, -0.2) is 4.79 Å². The Labute approximate surface area is 125 Å². The quantitative estimate of drug-likeness (QED) is 0.410. The molecule has 0 aliphatic rings. The Kier molecular flexibility index (Phi) is 4.09. The van der Waals surface area contributed by atoms with Gasteiger partial charge in [0, 0.05) is 17.7 Å². The molecule has 4 nitrogen and oxygen atoms in total. The number of carbonyl (C=O) groups excluding carboxylic acids is 2. The van der Waals surface area contributed by atoms with E-state index in [1.54, 1.807) is 36.9 Å². The van der Waals surface area contributed by atoms with Gasteiger partial charge in [0.25, 0.3) is 5.24 Å². The third kappa shape index (κ3) is 2.68. The van der Waals surface area contributed by atoms with E-state index in [9.17, 15) is 9.59 Å². The molecule has 2 aromatic rings. The van der Waals surface area contributed by atoms with E-state index in [-0.39, 0.29) is 5.57 Å². The Balaban J connectivity index is 2.60. The van der Waals surface area contributed by atoms with Gasteiger partial charge in [-0.3, -0.25) is 4.79 Å². The van der Waals surface area contributed by atoms with Crippen molar-refractivity contribution in [2.45, 2.75) is 13.8 Å². The largest absolute Gasteiger partial charge is 0.275 e. The van der Waals surface area contributed by atoms with Crippen molar-refractivity contribution in [2.24, 2.45) is 0 Å². The van der Waals surface area contributed by atoms with E-state index >= 15 is 0 Å². The Bertz CT molecular complexity index is 720. The van der Waals surface area contributed by atoms with Crippen LogP contribution in [0.3, 0.4) is 0 Å². The fourth-order valence-electron chi connectivity index (χ4n) is 2.14. The highest BCUT2D eigenvalue weighted by Crippen LogP contribution is 2.24. The van der Waals surface area contributed by atoms with E-state index in [0.29, 0.717) is 10.6 Å². The minimum Gasteiger partial charge on any atom is -0.275 e. The first-order valence-corrected chi connectivity index (χ1v) is 6.52. The molecule has 0 unspecified atom stereocenters. The molecule has 1 aromatic carbocycles. The predicted octanol–water partition coefficient (Wildman–Crippen LogP) is 2.54. The van der Waals surface area contributed by atoms with Gasteiger partial charge < -0.3 is 0 Å². The van der Waals surface area contributed by atoms with E-state index in [4.69, 9.17) is 23.2 Å². The number of benzene rings is 1. The van der Waals surface area contributed by atoms with Gasteiger partial charge in [0.2, 0.25) is 11.9 Å². The molecule has 1 N–H and O–H groups in total. The molecule has 6 heteroatoms. The van der Waals surface area contributed by atoms with Gasteiger partial charge in [0.1, 0.15) is 16.5 Å². The van der Waals surface area contributed by atoms with Crippen LogP contribution in [0.5, 0.6) is 0 Å². The van der Waals surface area contributed by atoms with Crippen LogP contribution in [0.4, 0.5) is 0 Å². The summed E-state index contributed by atoms with van der Waals surface area (Å²) in [7, 11) is 0. The number of hydrogen-bond donors (Lipinski definition) is 1. The summed E-state index contributed by atoms with van der Waals surface area (Å²) in [5, 5.41) is 2.74. The van der Waals surface area contributed by atoms with Gasteiger partial charge in [-0.15, -0.1) is 0 Å². The Morgan fingerprint density at radius 3 is 2.30 bits per heavy atom. The molecule has 0 spiro atoms.